The molecule has 2 heterocycles. The zero-order chi connectivity index (χ0) is 11.8. The quantitative estimate of drug-likeness (QED) is 0.782. The molecule has 0 bridgehead atoms. The van der Waals surface area contributed by atoms with Crippen molar-refractivity contribution in [3.05, 3.63) is 28.5 Å². The Bertz CT molecular complexity index is 361. The van der Waals surface area contributed by atoms with Crippen molar-refractivity contribution in [3.8, 4) is 0 Å². The van der Waals surface area contributed by atoms with Gasteiger partial charge in [-0.25, -0.2) is 4.98 Å². The Morgan fingerprint density at radius 3 is 2.44 bits per heavy atom. The minimum Gasteiger partial charge on any atom is -0.381 e. The van der Waals surface area contributed by atoms with E-state index in [-0.39, 0.29) is 18.8 Å². The monoisotopic (exact) mass is 295 g/mol. The maximum atomic E-state index is 12.9. The maximum absolute atomic E-state index is 12.9. The van der Waals surface area contributed by atoms with Gasteiger partial charge in [-0.05, 0) is 27.6 Å². The summed E-state index contributed by atoms with van der Waals surface area (Å²) in [5.41, 5.74) is 0.198. The van der Waals surface area contributed by atoms with Gasteiger partial charge < -0.3 is 4.74 Å². The molecular formula is C10H9BrF3NO. The molecule has 88 valence electrons. The van der Waals surface area contributed by atoms with Crippen LogP contribution >= 0.6 is 15.9 Å². The SMILES string of the molecule is FC(F)(F)C(c1ccc(Br)nc1)C1COC1. The number of rotatable bonds is 2. The Kier molecular flexibility index (Phi) is 3.21. The summed E-state index contributed by atoms with van der Waals surface area (Å²) in [6, 6.07) is 2.97. The Labute approximate surface area is 98.9 Å². The van der Waals surface area contributed by atoms with Crippen LogP contribution in [-0.2, 0) is 4.74 Å². The number of aromatic nitrogens is 1. The third-order valence-electron chi connectivity index (χ3n) is 2.60. The van der Waals surface area contributed by atoms with Gasteiger partial charge in [-0.15, -0.1) is 0 Å². The molecule has 6 heteroatoms. The summed E-state index contributed by atoms with van der Waals surface area (Å²) in [7, 11) is 0. The second-order valence-electron chi connectivity index (χ2n) is 3.73. The summed E-state index contributed by atoms with van der Waals surface area (Å²) < 4.78 is 44.0. The molecule has 0 radical (unpaired) electrons. The van der Waals surface area contributed by atoms with Crippen LogP contribution < -0.4 is 0 Å². The first kappa shape index (κ1) is 11.9. The number of halogens is 4. The van der Waals surface area contributed by atoms with Crippen LogP contribution in [0.5, 0.6) is 0 Å². The highest BCUT2D eigenvalue weighted by molar-refractivity contribution is 9.10. The first-order chi connectivity index (χ1) is 7.48. The van der Waals surface area contributed by atoms with Crippen LogP contribution in [0.2, 0.25) is 0 Å². The molecule has 2 rings (SSSR count). The van der Waals surface area contributed by atoms with Gasteiger partial charge in [0, 0.05) is 12.1 Å². The molecule has 1 fully saturated rings. The molecular weight excluding hydrogens is 287 g/mol. The molecule has 0 aliphatic carbocycles. The van der Waals surface area contributed by atoms with E-state index in [0.717, 1.165) is 0 Å². The van der Waals surface area contributed by atoms with Crippen molar-refractivity contribution in [3.63, 3.8) is 0 Å². The zero-order valence-electron chi connectivity index (χ0n) is 8.17. The molecule has 1 aliphatic heterocycles. The summed E-state index contributed by atoms with van der Waals surface area (Å²) in [6.07, 6.45) is -2.98. The third-order valence-corrected chi connectivity index (χ3v) is 3.07. The Hall–Kier alpha value is -0.620. The van der Waals surface area contributed by atoms with Crippen LogP contribution in [0.1, 0.15) is 11.5 Å². The highest BCUT2D eigenvalue weighted by atomic mass is 79.9. The van der Waals surface area contributed by atoms with E-state index in [0.29, 0.717) is 4.60 Å². The van der Waals surface area contributed by atoms with Crippen LogP contribution in [-0.4, -0.2) is 24.4 Å². The average Bonchev–Trinajstić information content (AvgIpc) is 2.11. The fraction of sp³-hybridized carbons (Fsp3) is 0.500. The number of alkyl halides is 3. The largest absolute Gasteiger partial charge is 0.396 e. The van der Waals surface area contributed by atoms with Crippen molar-refractivity contribution in [1.82, 2.24) is 4.98 Å². The van der Waals surface area contributed by atoms with Gasteiger partial charge in [0.25, 0.3) is 0 Å². The van der Waals surface area contributed by atoms with Gasteiger partial charge in [0.15, 0.2) is 0 Å². The summed E-state index contributed by atoms with van der Waals surface area (Å²) >= 11 is 3.10. The van der Waals surface area contributed by atoms with Gasteiger partial charge in [-0.1, -0.05) is 6.07 Å². The lowest BCUT2D eigenvalue weighted by molar-refractivity contribution is -0.191. The third kappa shape index (κ3) is 2.38. The number of hydrogen-bond acceptors (Lipinski definition) is 2. The van der Waals surface area contributed by atoms with E-state index in [1.165, 1.54) is 18.3 Å². The molecule has 1 aromatic heterocycles. The van der Waals surface area contributed by atoms with Gasteiger partial charge in [-0.3, -0.25) is 0 Å². The average molecular weight is 296 g/mol. The van der Waals surface area contributed by atoms with Crippen molar-refractivity contribution in [2.75, 3.05) is 13.2 Å². The predicted molar refractivity (Wildman–Crippen MR) is 55.0 cm³/mol. The molecule has 0 N–H and O–H groups in total. The molecule has 0 spiro atoms. The van der Waals surface area contributed by atoms with E-state index in [1.807, 2.05) is 0 Å². The van der Waals surface area contributed by atoms with Crippen LogP contribution in [0.15, 0.2) is 22.9 Å². The van der Waals surface area contributed by atoms with E-state index in [4.69, 9.17) is 4.74 Å². The molecule has 1 saturated heterocycles. The minimum atomic E-state index is -4.25. The van der Waals surface area contributed by atoms with E-state index < -0.39 is 18.0 Å². The number of pyridine rings is 1. The number of nitrogens with zero attached hydrogens (tertiary/aromatic N) is 1. The van der Waals surface area contributed by atoms with Crippen LogP contribution in [0, 0.1) is 5.92 Å². The molecule has 1 aliphatic rings. The molecule has 0 saturated carbocycles. The van der Waals surface area contributed by atoms with Gasteiger partial charge in [0.05, 0.1) is 19.1 Å². The summed E-state index contributed by atoms with van der Waals surface area (Å²) in [4.78, 5) is 3.83. The second-order valence-corrected chi connectivity index (χ2v) is 4.54. The molecule has 1 atom stereocenters. The van der Waals surface area contributed by atoms with Crippen LogP contribution in [0.3, 0.4) is 0 Å². The lowest BCUT2D eigenvalue weighted by atomic mass is 9.85. The van der Waals surface area contributed by atoms with E-state index >= 15 is 0 Å². The summed E-state index contributed by atoms with van der Waals surface area (Å²) in [5, 5.41) is 0. The van der Waals surface area contributed by atoms with E-state index in [9.17, 15) is 13.2 Å². The first-order valence-electron chi connectivity index (χ1n) is 4.74. The lowest BCUT2D eigenvalue weighted by Crippen LogP contribution is -2.40. The standard InChI is InChI=1S/C10H9BrF3NO/c11-8-2-1-6(3-15-8)9(10(12,13)14)7-4-16-5-7/h1-3,7,9H,4-5H2. The Balaban J connectivity index is 2.27. The molecule has 1 aromatic rings. The van der Waals surface area contributed by atoms with Gasteiger partial charge in [0.1, 0.15) is 4.60 Å². The van der Waals surface area contributed by atoms with Crippen molar-refractivity contribution >= 4 is 15.9 Å². The first-order valence-corrected chi connectivity index (χ1v) is 5.53. The minimum absolute atomic E-state index is 0.167. The lowest BCUT2D eigenvalue weighted by Gasteiger charge is -2.34. The van der Waals surface area contributed by atoms with Crippen molar-refractivity contribution in [2.24, 2.45) is 5.92 Å². The molecule has 2 nitrogen and oxygen atoms in total. The Morgan fingerprint density at radius 2 is 2.06 bits per heavy atom. The van der Waals surface area contributed by atoms with E-state index in [1.54, 1.807) is 0 Å². The van der Waals surface area contributed by atoms with Crippen molar-refractivity contribution < 1.29 is 17.9 Å². The second kappa shape index (κ2) is 4.33. The van der Waals surface area contributed by atoms with Gasteiger partial charge >= 0.3 is 6.18 Å². The smallest absolute Gasteiger partial charge is 0.381 e. The fourth-order valence-electron chi connectivity index (χ4n) is 1.75. The van der Waals surface area contributed by atoms with Gasteiger partial charge in [-0.2, -0.15) is 13.2 Å². The molecule has 0 aromatic carbocycles. The van der Waals surface area contributed by atoms with Crippen molar-refractivity contribution in [1.29, 1.82) is 0 Å². The highest BCUT2D eigenvalue weighted by Crippen LogP contribution is 2.42. The Morgan fingerprint density at radius 1 is 1.38 bits per heavy atom. The van der Waals surface area contributed by atoms with E-state index in [2.05, 4.69) is 20.9 Å². The van der Waals surface area contributed by atoms with Gasteiger partial charge in [0.2, 0.25) is 0 Å². The predicted octanol–water partition coefficient (Wildman–Crippen LogP) is 3.14. The number of ether oxygens (including phenoxy) is 1. The molecule has 1 unspecified atom stereocenters. The zero-order valence-corrected chi connectivity index (χ0v) is 9.75. The summed E-state index contributed by atoms with van der Waals surface area (Å²) in [6.45, 7) is 0.334. The molecule has 16 heavy (non-hydrogen) atoms. The normalized spacial score (nSPS) is 19.2. The topological polar surface area (TPSA) is 22.1 Å². The van der Waals surface area contributed by atoms with Crippen LogP contribution in [0.4, 0.5) is 13.2 Å². The molecule has 0 amide bonds. The maximum Gasteiger partial charge on any atom is 0.396 e. The summed E-state index contributed by atoms with van der Waals surface area (Å²) in [5.74, 6) is -1.95. The fourth-order valence-corrected chi connectivity index (χ4v) is 1.98. The number of hydrogen-bond donors (Lipinski definition) is 0. The van der Waals surface area contributed by atoms with Crippen LogP contribution in [0.25, 0.3) is 0 Å². The van der Waals surface area contributed by atoms with Crippen molar-refractivity contribution in [2.45, 2.75) is 12.1 Å². The highest BCUT2D eigenvalue weighted by Gasteiger charge is 2.48.